The summed E-state index contributed by atoms with van der Waals surface area (Å²) < 4.78 is 0. The molecule has 1 fully saturated rings. The fourth-order valence-corrected chi connectivity index (χ4v) is 1.72. The van der Waals surface area contributed by atoms with Crippen LogP contribution in [-0.2, 0) is 4.79 Å². The Morgan fingerprint density at radius 3 is 2.53 bits per heavy atom. The maximum Gasteiger partial charge on any atom is 0.237 e. The molecular formula is C12H24N2O. The van der Waals surface area contributed by atoms with Crippen molar-refractivity contribution >= 4 is 5.91 Å². The van der Waals surface area contributed by atoms with E-state index in [1.54, 1.807) is 0 Å². The molecule has 0 radical (unpaired) electrons. The molecule has 1 rings (SSSR count). The van der Waals surface area contributed by atoms with Crippen molar-refractivity contribution in [3.05, 3.63) is 0 Å². The molecule has 0 spiro atoms. The quantitative estimate of drug-likeness (QED) is 0.701. The summed E-state index contributed by atoms with van der Waals surface area (Å²) in [6.07, 6.45) is 3.61. The van der Waals surface area contributed by atoms with E-state index in [9.17, 15) is 4.79 Å². The van der Waals surface area contributed by atoms with Gasteiger partial charge >= 0.3 is 0 Å². The van der Waals surface area contributed by atoms with Gasteiger partial charge in [0, 0.05) is 6.54 Å². The molecule has 3 atom stereocenters. The zero-order chi connectivity index (χ0) is 11.4. The maximum atomic E-state index is 11.7. The minimum atomic E-state index is -0.346. The van der Waals surface area contributed by atoms with Gasteiger partial charge in [0.05, 0.1) is 6.04 Å². The average molecular weight is 212 g/mol. The van der Waals surface area contributed by atoms with Crippen LogP contribution in [0.3, 0.4) is 0 Å². The Labute approximate surface area is 92.8 Å². The first kappa shape index (κ1) is 12.5. The van der Waals surface area contributed by atoms with Crippen LogP contribution in [0.4, 0.5) is 0 Å². The minimum absolute atomic E-state index is 0.0110. The van der Waals surface area contributed by atoms with Crippen molar-refractivity contribution in [2.45, 2.75) is 46.1 Å². The zero-order valence-electron chi connectivity index (χ0n) is 10.1. The fourth-order valence-electron chi connectivity index (χ4n) is 1.72. The second kappa shape index (κ2) is 5.50. The number of nitrogens with two attached hydrogens (primary N) is 1. The predicted molar refractivity (Wildman–Crippen MR) is 62.3 cm³/mol. The molecule has 2 unspecified atom stereocenters. The lowest BCUT2D eigenvalue weighted by Crippen LogP contribution is -2.45. The number of hydrogen-bond donors (Lipinski definition) is 2. The summed E-state index contributed by atoms with van der Waals surface area (Å²) >= 11 is 0. The molecule has 15 heavy (non-hydrogen) atoms. The molecule has 0 bridgehead atoms. The fraction of sp³-hybridized carbons (Fsp3) is 0.917. The number of amides is 1. The van der Waals surface area contributed by atoms with E-state index in [4.69, 9.17) is 5.73 Å². The number of nitrogens with one attached hydrogen (secondary N) is 1. The van der Waals surface area contributed by atoms with Gasteiger partial charge in [-0.1, -0.05) is 27.2 Å². The molecule has 0 aromatic heterocycles. The zero-order valence-corrected chi connectivity index (χ0v) is 10.1. The maximum absolute atomic E-state index is 11.7. The number of hydrogen-bond acceptors (Lipinski definition) is 2. The first-order chi connectivity index (χ1) is 7.06. The van der Waals surface area contributed by atoms with E-state index in [0.717, 1.165) is 18.9 Å². The van der Waals surface area contributed by atoms with Crippen molar-refractivity contribution in [2.75, 3.05) is 6.54 Å². The van der Waals surface area contributed by atoms with Crippen molar-refractivity contribution in [3.8, 4) is 0 Å². The lowest BCUT2D eigenvalue weighted by atomic mass is 9.99. The molecule has 1 aliphatic rings. The monoisotopic (exact) mass is 212 g/mol. The third-order valence-corrected chi connectivity index (χ3v) is 3.58. The van der Waals surface area contributed by atoms with Gasteiger partial charge in [0.2, 0.25) is 5.91 Å². The number of carbonyl (C=O) groups excluding carboxylic acids is 1. The summed E-state index contributed by atoms with van der Waals surface area (Å²) in [6.45, 7) is 7.07. The van der Waals surface area contributed by atoms with E-state index >= 15 is 0 Å². The molecule has 3 nitrogen and oxygen atoms in total. The Balaban J connectivity index is 2.22. The highest BCUT2D eigenvalue weighted by molar-refractivity contribution is 5.81. The lowest BCUT2D eigenvalue weighted by molar-refractivity contribution is -0.123. The Kier molecular flexibility index (Phi) is 4.58. The van der Waals surface area contributed by atoms with Gasteiger partial charge in [0.1, 0.15) is 0 Å². The highest BCUT2D eigenvalue weighted by atomic mass is 16.2. The molecule has 1 amide bonds. The van der Waals surface area contributed by atoms with Crippen LogP contribution in [0, 0.1) is 17.8 Å². The Morgan fingerprint density at radius 1 is 1.47 bits per heavy atom. The predicted octanol–water partition coefficient (Wildman–Crippen LogP) is 1.52. The molecule has 0 heterocycles. The summed E-state index contributed by atoms with van der Waals surface area (Å²) in [7, 11) is 0. The molecule has 0 aliphatic heterocycles. The van der Waals surface area contributed by atoms with E-state index in [1.165, 1.54) is 12.8 Å². The van der Waals surface area contributed by atoms with E-state index in [-0.39, 0.29) is 17.9 Å². The van der Waals surface area contributed by atoms with Crippen LogP contribution in [-0.4, -0.2) is 18.5 Å². The highest BCUT2D eigenvalue weighted by Gasteiger charge is 2.28. The molecule has 3 heteroatoms. The summed E-state index contributed by atoms with van der Waals surface area (Å²) in [5, 5.41) is 2.95. The van der Waals surface area contributed by atoms with E-state index in [1.807, 2.05) is 6.92 Å². The summed E-state index contributed by atoms with van der Waals surface area (Å²) in [4.78, 5) is 11.7. The van der Waals surface area contributed by atoms with Crippen LogP contribution >= 0.6 is 0 Å². The average Bonchev–Trinajstić information content (AvgIpc) is 3.06. The van der Waals surface area contributed by atoms with Gasteiger partial charge in [-0.05, 0) is 30.6 Å². The lowest BCUT2D eigenvalue weighted by Gasteiger charge is -2.19. The van der Waals surface area contributed by atoms with Gasteiger partial charge in [-0.25, -0.2) is 0 Å². The standard InChI is InChI=1S/C12H24N2O/c1-4-8(2)11(13)12(15)14-7-9(3)10-5-6-10/h8-11H,4-7,13H2,1-3H3,(H,14,15)/t8?,9?,11-/m0/s1. The van der Waals surface area contributed by atoms with E-state index in [2.05, 4.69) is 19.2 Å². The first-order valence-electron chi connectivity index (χ1n) is 6.09. The van der Waals surface area contributed by atoms with Crippen molar-refractivity contribution in [1.29, 1.82) is 0 Å². The molecule has 3 N–H and O–H groups in total. The third-order valence-electron chi connectivity index (χ3n) is 3.58. The Bertz CT molecular complexity index is 214. The van der Waals surface area contributed by atoms with Crippen LogP contribution in [0.1, 0.15) is 40.0 Å². The molecule has 0 aromatic rings. The second-order valence-corrected chi connectivity index (χ2v) is 4.97. The second-order valence-electron chi connectivity index (χ2n) is 4.97. The minimum Gasteiger partial charge on any atom is -0.354 e. The van der Waals surface area contributed by atoms with Gasteiger partial charge in [-0.3, -0.25) is 4.79 Å². The van der Waals surface area contributed by atoms with Crippen LogP contribution in [0.25, 0.3) is 0 Å². The van der Waals surface area contributed by atoms with Crippen molar-refractivity contribution in [2.24, 2.45) is 23.5 Å². The summed E-state index contributed by atoms with van der Waals surface area (Å²) in [5.74, 6) is 1.72. The van der Waals surface area contributed by atoms with Gasteiger partial charge in [0.25, 0.3) is 0 Å². The van der Waals surface area contributed by atoms with Crippen LogP contribution in [0.2, 0.25) is 0 Å². The molecule has 88 valence electrons. The van der Waals surface area contributed by atoms with Crippen molar-refractivity contribution < 1.29 is 4.79 Å². The van der Waals surface area contributed by atoms with Crippen molar-refractivity contribution in [3.63, 3.8) is 0 Å². The van der Waals surface area contributed by atoms with Crippen LogP contribution in [0.15, 0.2) is 0 Å². The number of rotatable bonds is 6. The summed E-state index contributed by atoms with van der Waals surface area (Å²) in [6, 6.07) is -0.346. The normalized spacial score (nSPS) is 21.9. The van der Waals surface area contributed by atoms with Crippen LogP contribution < -0.4 is 11.1 Å². The van der Waals surface area contributed by atoms with E-state index in [0.29, 0.717) is 5.92 Å². The Hall–Kier alpha value is -0.570. The number of carbonyl (C=O) groups is 1. The molecular weight excluding hydrogens is 188 g/mol. The highest BCUT2D eigenvalue weighted by Crippen LogP contribution is 2.36. The van der Waals surface area contributed by atoms with E-state index < -0.39 is 0 Å². The van der Waals surface area contributed by atoms with Gasteiger partial charge in [-0.2, -0.15) is 0 Å². The van der Waals surface area contributed by atoms with Gasteiger partial charge < -0.3 is 11.1 Å². The largest absolute Gasteiger partial charge is 0.354 e. The molecule has 1 aliphatic carbocycles. The molecule has 0 saturated heterocycles. The third kappa shape index (κ3) is 3.82. The smallest absolute Gasteiger partial charge is 0.237 e. The summed E-state index contributed by atoms with van der Waals surface area (Å²) in [5.41, 5.74) is 5.84. The first-order valence-corrected chi connectivity index (χ1v) is 6.09. The van der Waals surface area contributed by atoms with Gasteiger partial charge in [-0.15, -0.1) is 0 Å². The van der Waals surface area contributed by atoms with Crippen LogP contribution in [0.5, 0.6) is 0 Å². The van der Waals surface area contributed by atoms with Gasteiger partial charge in [0.15, 0.2) is 0 Å². The molecule has 1 saturated carbocycles. The Morgan fingerprint density at radius 2 is 2.07 bits per heavy atom. The SMILES string of the molecule is CCC(C)[C@H](N)C(=O)NCC(C)C1CC1. The topological polar surface area (TPSA) is 55.1 Å². The van der Waals surface area contributed by atoms with Crippen molar-refractivity contribution in [1.82, 2.24) is 5.32 Å². The molecule has 0 aromatic carbocycles.